The maximum absolute atomic E-state index is 5.87. The molecule has 0 N–H and O–H groups in total. The zero-order valence-corrected chi connectivity index (χ0v) is 14.7. The normalized spacial score (nSPS) is 11.9. The molecule has 0 radical (unpaired) electrons. The van der Waals surface area contributed by atoms with Gasteiger partial charge in [0.25, 0.3) is 0 Å². The molecule has 0 nitrogen and oxygen atoms in total. The van der Waals surface area contributed by atoms with E-state index in [9.17, 15) is 0 Å². The highest BCUT2D eigenvalue weighted by Gasteiger charge is 2.27. The molecule has 0 atom stereocenters. The van der Waals surface area contributed by atoms with Crippen molar-refractivity contribution in [3.05, 3.63) is 31.1 Å². The van der Waals surface area contributed by atoms with Crippen molar-refractivity contribution in [2.75, 3.05) is 0 Å². The first kappa shape index (κ1) is 13.8. The molecular weight excluding hydrogens is 458 g/mol. The predicted octanol–water partition coefficient (Wildman–Crippen LogP) is 5.71. The van der Waals surface area contributed by atoms with Crippen LogP contribution < -0.4 is 0 Å². The van der Waals surface area contributed by atoms with Crippen molar-refractivity contribution < 1.29 is 0 Å². The van der Waals surface area contributed by atoms with Crippen molar-refractivity contribution in [1.29, 1.82) is 0 Å². The summed E-state index contributed by atoms with van der Waals surface area (Å²) in [6, 6.07) is 1.73. The van der Waals surface area contributed by atoms with Crippen molar-refractivity contribution >= 4 is 87.0 Å². The third-order valence-electron chi connectivity index (χ3n) is 1.48. The summed E-state index contributed by atoms with van der Waals surface area (Å²) in [6.07, 6.45) is 0. The Kier molecular flexibility index (Phi) is 5.31. The molecule has 0 bridgehead atoms. The van der Waals surface area contributed by atoms with E-state index in [-0.39, 0.29) is 0 Å². The highest BCUT2D eigenvalue weighted by molar-refractivity contribution is 9.11. The van der Waals surface area contributed by atoms with Gasteiger partial charge >= 0.3 is 6.00 Å². The largest absolute Gasteiger partial charge is 0.345 e. The van der Waals surface area contributed by atoms with Crippen LogP contribution >= 0.6 is 81.0 Å². The molecule has 0 heterocycles. The zero-order chi connectivity index (χ0) is 10.9. The Morgan fingerprint density at radius 1 is 1.00 bits per heavy atom. The van der Waals surface area contributed by atoms with Crippen molar-refractivity contribution in [3.63, 3.8) is 0 Å². The Morgan fingerprint density at radius 2 is 1.43 bits per heavy atom. The van der Waals surface area contributed by atoms with E-state index < -0.39 is 6.00 Å². The first-order valence-electron chi connectivity index (χ1n) is 3.50. The molecule has 0 spiro atoms. The van der Waals surface area contributed by atoms with E-state index in [0.717, 1.165) is 19.0 Å². The molecule has 1 aromatic rings. The van der Waals surface area contributed by atoms with E-state index in [4.69, 9.17) is 33.2 Å². The average Bonchev–Trinajstić information content (AvgIpc) is 1.95. The minimum Gasteiger partial charge on any atom is -0.126 e. The lowest BCUT2D eigenvalue weighted by molar-refractivity contribution is 1.31. The first-order valence-corrected chi connectivity index (χ1v) is 11.1. The summed E-state index contributed by atoms with van der Waals surface area (Å²) >= 11 is 27.9. The standard InChI is InChI=1S/C7H4Br3Cl3Si/c8-4-1-6(9)5(7(10)2-4)3-14(11,12)13/h1-2H,3H2. The average molecular weight is 462 g/mol. The van der Waals surface area contributed by atoms with E-state index >= 15 is 0 Å². The van der Waals surface area contributed by atoms with Crippen molar-refractivity contribution in [2.45, 2.75) is 6.04 Å². The van der Waals surface area contributed by atoms with Crippen LogP contribution in [0.2, 0.25) is 0 Å². The van der Waals surface area contributed by atoms with Crippen LogP contribution in [-0.4, -0.2) is 6.00 Å². The quantitative estimate of drug-likeness (QED) is 0.390. The lowest BCUT2D eigenvalue weighted by Crippen LogP contribution is -2.15. The second kappa shape index (κ2) is 5.39. The highest BCUT2D eigenvalue weighted by Crippen LogP contribution is 2.35. The smallest absolute Gasteiger partial charge is 0.126 e. The second-order valence-corrected chi connectivity index (χ2v) is 14.4. The lowest BCUT2D eigenvalue weighted by Gasteiger charge is -2.12. The van der Waals surface area contributed by atoms with Gasteiger partial charge < -0.3 is 0 Å². The summed E-state index contributed by atoms with van der Waals surface area (Å²) in [5.41, 5.74) is 1.000. The number of benzene rings is 1. The number of rotatable bonds is 2. The molecule has 0 aliphatic heterocycles. The molecule has 78 valence electrons. The van der Waals surface area contributed by atoms with Crippen LogP contribution in [0.4, 0.5) is 0 Å². The van der Waals surface area contributed by atoms with Gasteiger partial charge in [0.15, 0.2) is 0 Å². The maximum atomic E-state index is 5.87. The lowest BCUT2D eigenvalue weighted by atomic mass is 10.2. The van der Waals surface area contributed by atoms with Gasteiger partial charge in [-0.3, -0.25) is 0 Å². The molecular formula is C7H4Br3Cl3Si. The molecule has 0 amide bonds. The molecule has 0 saturated heterocycles. The van der Waals surface area contributed by atoms with Gasteiger partial charge in [-0.25, -0.2) is 0 Å². The maximum Gasteiger partial charge on any atom is 0.345 e. The van der Waals surface area contributed by atoms with Gasteiger partial charge in [-0.1, -0.05) is 47.8 Å². The molecule has 1 aromatic carbocycles. The Hall–Kier alpha value is 1.75. The molecule has 0 aromatic heterocycles. The van der Waals surface area contributed by atoms with E-state index in [1.165, 1.54) is 0 Å². The molecule has 0 fully saturated rings. The number of halogens is 6. The molecule has 7 heteroatoms. The SMILES string of the molecule is Cl[Si](Cl)(Cl)Cc1c(Br)cc(Br)cc1Br. The Morgan fingerprint density at radius 3 is 1.79 bits per heavy atom. The van der Waals surface area contributed by atoms with Crippen LogP contribution in [0.1, 0.15) is 5.56 Å². The van der Waals surface area contributed by atoms with Crippen LogP contribution in [0, 0.1) is 0 Å². The first-order chi connectivity index (χ1) is 6.29. The monoisotopic (exact) mass is 458 g/mol. The van der Waals surface area contributed by atoms with Crippen LogP contribution in [-0.2, 0) is 6.04 Å². The summed E-state index contributed by atoms with van der Waals surface area (Å²) in [6.45, 7) is 0. The molecule has 14 heavy (non-hydrogen) atoms. The van der Waals surface area contributed by atoms with Gasteiger partial charge in [0, 0.05) is 19.5 Å². The van der Waals surface area contributed by atoms with Gasteiger partial charge in [0.05, 0.1) is 0 Å². The summed E-state index contributed by atoms with van der Waals surface area (Å²) < 4.78 is 2.86. The zero-order valence-electron chi connectivity index (χ0n) is 6.63. The van der Waals surface area contributed by atoms with E-state index in [2.05, 4.69) is 47.8 Å². The van der Waals surface area contributed by atoms with Crippen molar-refractivity contribution in [1.82, 2.24) is 0 Å². The third kappa shape index (κ3) is 4.32. The van der Waals surface area contributed by atoms with Crippen LogP contribution in [0.25, 0.3) is 0 Å². The minimum absolute atomic E-state index is 0.492. The fraction of sp³-hybridized carbons (Fsp3) is 0.143. The van der Waals surface area contributed by atoms with Crippen molar-refractivity contribution in [2.24, 2.45) is 0 Å². The molecule has 0 aliphatic carbocycles. The Labute approximate surface area is 123 Å². The molecule has 0 aliphatic rings. The fourth-order valence-electron chi connectivity index (χ4n) is 0.941. The summed E-state index contributed by atoms with van der Waals surface area (Å²) in [4.78, 5) is 0. The molecule has 0 unspecified atom stereocenters. The van der Waals surface area contributed by atoms with Gasteiger partial charge in [-0.05, 0) is 17.7 Å². The highest BCUT2D eigenvalue weighted by atomic mass is 79.9. The number of hydrogen-bond donors (Lipinski definition) is 0. The van der Waals surface area contributed by atoms with E-state index in [1.807, 2.05) is 12.1 Å². The van der Waals surface area contributed by atoms with Gasteiger partial charge in [0.2, 0.25) is 0 Å². The van der Waals surface area contributed by atoms with Crippen molar-refractivity contribution in [3.8, 4) is 0 Å². The summed E-state index contributed by atoms with van der Waals surface area (Å²) in [5, 5.41) is 0. The minimum atomic E-state index is -2.64. The second-order valence-electron chi connectivity index (χ2n) is 2.64. The summed E-state index contributed by atoms with van der Waals surface area (Å²) in [5.74, 6) is 0. The van der Waals surface area contributed by atoms with E-state index in [1.54, 1.807) is 0 Å². The van der Waals surface area contributed by atoms with Crippen LogP contribution in [0.15, 0.2) is 25.6 Å². The summed E-state index contributed by atoms with van der Waals surface area (Å²) in [7, 11) is 0. The molecule has 0 saturated carbocycles. The number of hydrogen-bond acceptors (Lipinski definition) is 0. The Bertz CT molecular complexity index is 328. The fourth-order valence-corrected chi connectivity index (χ4v) is 5.98. The van der Waals surface area contributed by atoms with Gasteiger partial charge in [0.1, 0.15) is 0 Å². The van der Waals surface area contributed by atoms with E-state index in [0.29, 0.717) is 6.04 Å². The topological polar surface area (TPSA) is 0 Å². The van der Waals surface area contributed by atoms with Gasteiger partial charge in [-0.15, -0.1) is 33.2 Å². The van der Waals surface area contributed by atoms with Crippen LogP contribution in [0.3, 0.4) is 0 Å². The molecule has 1 rings (SSSR count). The van der Waals surface area contributed by atoms with Crippen LogP contribution in [0.5, 0.6) is 0 Å². The van der Waals surface area contributed by atoms with Gasteiger partial charge in [-0.2, -0.15) is 0 Å². The Balaban J connectivity index is 3.09. The third-order valence-corrected chi connectivity index (χ3v) is 5.31. The predicted molar refractivity (Wildman–Crippen MR) is 76.6 cm³/mol.